The molecular formula is C24H21BrFN7O2. The van der Waals surface area contributed by atoms with Gasteiger partial charge in [0.15, 0.2) is 0 Å². The summed E-state index contributed by atoms with van der Waals surface area (Å²) < 4.78 is 21.8. The molecule has 2 aromatic carbocycles. The fraction of sp³-hybridized carbons (Fsp3) is 0.0833. The lowest BCUT2D eigenvalue weighted by molar-refractivity contribution is -0.111. The largest absolute Gasteiger partial charge is 0.495 e. The molecule has 0 saturated heterocycles. The lowest BCUT2D eigenvalue weighted by Crippen LogP contribution is -2.07. The maximum absolute atomic E-state index is 14.6. The maximum atomic E-state index is 14.6. The highest BCUT2D eigenvalue weighted by atomic mass is 79.9. The summed E-state index contributed by atoms with van der Waals surface area (Å²) in [6, 6.07) is 10.1. The number of nitrogens with one attached hydrogen (secondary N) is 3. The standard InChI is InChI=1S/C24H21BrFN7O2/c1-4-21(34)29-15-6-5-7-16(10-15)30-23-18(14-8-19(26)22(25)20(9-14)35-3)12-27-24(32-23)31-17-11-28-33(2)13-17/h4-13H,1H2,2-3H3,(H,29,34)(H2,27,30,31,32). The lowest BCUT2D eigenvalue weighted by atomic mass is 10.1. The van der Waals surface area contributed by atoms with Crippen LogP contribution in [0.5, 0.6) is 5.75 Å². The number of aryl methyl sites for hydroxylation is 1. The summed E-state index contributed by atoms with van der Waals surface area (Å²) in [4.78, 5) is 20.7. The molecule has 2 heterocycles. The van der Waals surface area contributed by atoms with Crippen molar-refractivity contribution in [3.05, 3.63) is 77.9 Å². The van der Waals surface area contributed by atoms with Gasteiger partial charge in [0, 0.05) is 36.4 Å². The number of amides is 1. The number of ether oxygens (including phenoxy) is 1. The SMILES string of the molecule is C=CC(=O)Nc1cccc(Nc2nc(Nc3cnn(C)c3)ncc2-c2cc(F)c(Br)c(OC)c2)c1. The van der Waals surface area contributed by atoms with Crippen molar-refractivity contribution >= 4 is 50.7 Å². The van der Waals surface area contributed by atoms with E-state index in [9.17, 15) is 9.18 Å². The van der Waals surface area contributed by atoms with Crippen LogP contribution in [-0.2, 0) is 11.8 Å². The third kappa shape index (κ3) is 5.64. The van der Waals surface area contributed by atoms with Gasteiger partial charge in [-0.3, -0.25) is 9.48 Å². The van der Waals surface area contributed by atoms with Crippen LogP contribution in [0.15, 0.2) is 72.1 Å². The van der Waals surface area contributed by atoms with Crippen LogP contribution in [0.3, 0.4) is 0 Å². The van der Waals surface area contributed by atoms with E-state index in [0.29, 0.717) is 45.7 Å². The first-order valence-corrected chi connectivity index (χ1v) is 11.1. The van der Waals surface area contributed by atoms with E-state index >= 15 is 0 Å². The first kappa shape index (κ1) is 23.9. The van der Waals surface area contributed by atoms with Crippen LogP contribution in [0.2, 0.25) is 0 Å². The summed E-state index contributed by atoms with van der Waals surface area (Å²) in [6.07, 6.45) is 6.20. The van der Waals surface area contributed by atoms with E-state index in [1.165, 1.54) is 19.3 Å². The third-order valence-corrected chi connectivity index (χ3v) is 5.62. The molecule has 0 fully saturated rings. The molecule has 0 aliphatic carbocycles. The smallest absolute Gasteiger partial charge is 0.247 e. The van der Waals surface area contributed by atoms with Crippen molar-refractivity contribution in [1.82, 2.24) is 19.7 Å². The molecule has 0 spiro atoms. The summed E-state index contributed by atoms with van der Waals surface area (Å²) in [5.74, 6) is 0.229. The van der Waals surface area contributed by atoms with Gasteiger partial charge in [-0.15, -0.1) is 0 Å². The molecule has 0 aliphatic heterocycles. The van der Waals surface area contributed by atoms with E-state index in [0.717, 1.165) is 0 Å². The Morgan fingerprint density at radius 3 is 2.69 bits per heavy atom. The number of carbonyl (C=O) groups excluding carboxylic acids is 1. The second-order valence-electron chi connectivity index (χ2n) is 7.36. The van der Waals surface area contributed by atoms with Crippen molar-refractivity contribution in [1.29, 1.82) is 0 Å². The minimum Gasteiger partial charge on any atom is -0.495 e. The Labute approximate surface area is 209 Å². The van der Waals surface area contributed by atoms with E-state index in [1.807, 2.05) is 6.07 Å². The molecule has 4 rings (SSSR count). The molecule has 35 heavy (non-hydrogen) atoms. The number of anilines is 5. The van der Waals surface area contributed by atoms with Gasteiger partial charge in [-0.2, -0.15) is 10.1 Å². The number of aromatic nitrogens is 4. The number of hydrogen-bond acceptors (Lipinski definition) is 7. The van der Waals surface area contributed by atoms with Gasteiger partial charge in [-0.25, -0.2) is 9.37 Å². The van der Waals surface area contributed by atoms with Crippen LogP contribution in [0.4, 0.5) is 33.2 Å². The number of halogens is 2. The van der Waals surface area contributed by atoms with Crippen molar-refractivity contribution in [2.75, 3.05) is 23.1 Å². The van der Waals surface area contributed by atoms with E-state index in [-0.39, 0.29) is 10.4 Å². The van der Waals surface area contributed by atoms with Crippen LogP contribution in [0, 0.1) is 5.82 Å². The molecule has 0 atom stereocenters. The Bertz CT molecular complexity index is 1410. The average molecular weight is 538 g/mol. The molecule has 0 radical (unpaired) electrons. The number of benzene rings is 2. The lowest BCUT2D eigenvalue weighted by Gasteiger charge is -2.15. The van der Waals surface area contributed by atoms with Gasteiger partial charge in [0.2, 0.25) is 11.9 Å². The fourth-order valence-corrected chi connectivity index (χ4v) is 3.63. The average Bonchev–Trinajstić information content (AvgIpc) is 3.25. The van der Waals surface area contributed by atoms with Crippen LogP contribution < -0.4 is 20.7 Å². The molecule has 1 amide bonds. The quantitative estimate of drug-likeness (QED) is 0.258. The molecule has 11 heteroatoms. The zero-order valence-corrected chi connectivity index (χ0v) is 20.4. The van der Waals surface area contributed by atoms with Gasteiger partial charge in [-0.05, 0) is 57.9 Å². The van der Waals surface area contributed by atoms with Gasteiger partial charge in [0.1, 0.15) is 17.4 Å². The first-order chi connectivity index (χ1) is 16.9. The Morgan fingerprint density at radius 2 is 1.97 bits per heavy atom. The molecule has 0 unspecified atom stereocenters. The van der Waals surface area contributed by atoms with Crippen LogP contribution >= 0.6 is 15.9 Å². The summed E-state index contributed by atoms with van der Waals surface area (Å²) >= 11 is 3.20. The summed E-state index contributed by atoms with van der Waals surface area (Å²) in [5.41, 5.74) is 2.96. The highest BCUT2D eigenvalue weighted by Crippen LogP contribution is 2.37. The second-order valence-corrected chi connectivity index (χ2v) is 8.15. The number of nitrogens with zero attached hydrogens (tertiary/aromatic N) is 4. The topological polar surface area (TPSA) is 106 Å². The highest BCUT2D eigenvalue weighted by Gasteiger charge is 2.16. The van der Waals surface area contributed by atoms with Crippen molar-refractivity contribution in [3.8, 4) is 16.9 Å². The van der Waals surface area contributed by atoms with Crippen molar-refractivity contribution in [2.45, 2.75) is 0 Å². The molecule has 0 saturated carbocycles. The Kier molecular flexibility index (Phi) is 7.06. The van der Waals surface area contributed by atoms with E-state index in [2.05, 4.69) is 53.5 Å². The molecule has 4 aromatic rings. The maximum Gasteiger partial charge on any atom is 0.247 e. The van der Waals surface area contributed by atoms with Crippen LogP contribution in [0.1, 0.15) is 0 Å². The monoisotopic (exact) mass is 537 g/mol. The van der Waals surface area contributed by atoms with Gasteiger partial charge >= 0.3 is 0 Å². The molecule has 9 nitrogen and oxygen atoms in total. The Morgan fingerprint density at radius 1 is 1.17 bits per heavy atom. The number of hydrogen-bond donors (Lipinski definition) is 3. The summed E-state index contributed by atoms with van der Waals surface area (Å²) in [5, 5.41) is 13.2. The van der Waals surface area contributed by atoms with E-state index in [1.54, 1.807) is 54.6 Å². The number of carbonyl (C=O) groups is 1. The zero-order chi connectivity index (χ0) is 24.9. The predicted octanol–water partition coefficient (Wildman–Crippen LogP) is 5.40. The predicted molar refractivity (Wildman–Crippen MR) is 137 cm³/mol. The van der Waals surface area contributed by atoms with Gasteiger partial charge in [-0.1, -0.05) is 12.6 Å². The molecule has 0 bridgehead atoms. The molecule has 3 N–H and O–H groups in total. The van der Waals surface area contributed by atoms with E-state index in [4.69, 9.17) is 4.74 Å². The minimum absolute atomic E-state index is 0.222. The summed E-state index contributed by atoms with van der Waals surface area (Å²) in [7, 11) is 3.26. The number of methoxy groups -OCH3 is 1. The Hall–Kier alpha value is -4.25. The fourth-order valence-electron chi connectivity index (χ4n) is 3.24. The molecule has 0 aliphatic rings. The molecule has 2 aromatic heterocycles. The van der Waals surface area contributed by atoms with Crippen molar-refractivity contribution in [2.24, 2.45) is 7.05 Å². The van der Waals surface area contributed by atoms with Gasteiger partial charge < -0.3 is 20.7 Å². The zero-order valence-electron chi connectivity index (χ0n) is 18.8. The second kappa shape index (κ2) is 10.3. The molecular weight excluding hydrogens is 517 g/mol. The van der Waals surface area contributed by atoms with Gasteiger partial charge in [0.25, 0.3) is 0 Å². The van der Waals surface area contributed by atoms with Crippen molar-refractivity contribution in [3.63, 3.8) is 0 Å². The first-order valence-electron chi connectivity index (χ1n) is 10.3. The number of rotatable bonds is 8. The Balaban J connectivity index is 1.75. The van der Waals surface area contributed by atoms with Crippen LogP contribution in [0.25, 0.3) is 11.1 Å². The molecule has 178 valence electrons. The minimum atomic E-state index is -0.489. The third-order valence-electron chi connectivity index (χ3n) is 4.85. The van der Waals surface area contributed by atoms with Crippen molar-refractivity contribution < 1.29 is 13.9 Å². The van der Waals surface area contributed by atoms with Crippen LogP contribution in [-0.4, -0.2) is 32.8 Å². The van der Waals surface area contributed by atoms with Gasteiger partial charge in [0.05, 0.1) is 23.5 Å². The normalized spacial score (nSPS) is 10.5. The highest BCUT2D eigenvalue weighted by molar-refractivity contribution is 9.10. The summed E-state index contributed by atoms with van der Waals surface area (Å²) in [6.45, 7) is 3.46. The van der Waals surface area contributed by atoms with E-state index < -0.39 is 5.82 Å².